The van der Waals surface area contributed by atoms with E-state index in [9.17, 15) is 9.59 Å². The van der Waals surface area contributed by atoms with Gasteiger partial charge in [-0.3, -0.25) is 4.79 Å². The lowest BCUT2D eigenvalue weighted by Gasteiger charge is -2.32. The SMILES string of the molecule is COc1ccc(CN2CCCC(C)(C)C(NC(=O)O)C2=O)c(OC)c1. The van der Waals surface area contributed by atoms with Crippen molar-refractivity contribution in [2.24, 2.45) is 5.41 Å². The van der Waals surface area contributed by atoms with Crippen LogP contribution in [0.4, 0.5) is 4.79 Å². The van der Waals surface area contributed by atoms with Crippen molar-refractivity contribution in [3.05, 3.63) is 23.8 Å². The maximum Gasteiger partial charge on any atom is 0.405 e. The zero-order valence-electron chi connectivity index (χ0n) is 15.2. The molecular formula is C18H26N2O5. The van der Waals surface area contributed by atoms with Crippen LogP contribution >= 0.6 is 0 Å². The molecular weight excluding hydrogens is 324 g/mol. The standard InChI is InChI=1S/C18H26N2O5/c1-18(2)8-5-9-20(16(21)15(18)19-17(22)23)11-12-6-7-13(24-3)10-14(12)25-4/h6-7,10,15,19H,5,8-9,11H2,1-4H3,(H,22,23). The van der Waals surface area contributed by atoms with E-state index in [1.807, 2.05) is 26.0 Å². The van der Waals surface area contributed by atoms with E-state index < -0.39 is 17.6 Å². The molecule has 7 nitrogen and oxygen atoms in total. The zero-order chi connectivity index (χ0) is 18.6. The van der Waals surface area contributed by atoms with Gasteiger partial charge in [-0.1, -0.05) is 13.8 Å². The molecule has 7 heteroatoms. The maximum absolute atomic E-state index is 13.0. The Balaban J connectivity index is 2.26. The fourth-order valence-corrected chi connectivity index (χ4v) is 3.22. The number of nitrogens with one attached hydrogen (secondary N) is 1. The van der Waals surface area contributed by atoms with Crippen LogP contribution in [0.2, 0.25) is 0 Å². The Morgan fingerprint density at radius 1 is 1.36 bits per heavy atom. The van der Waals surface area contributed by atoms with Gasteiger partial charge < -0.3 is 24.8 Å². The molecule has 0 saturated carbocycles. The van der Waals surface area contributed by atoms with E-state index in [2.05, 4.69) is 5.32 Å². The number of hydrogen-bond acceptors (Lipinski definition) is 4. The van der Waals surface area contributed by atoms with E-state index in [1.54, 1.807) is 25.2 Å². The molecule has 2 N–H and O–H groups in total. The fourth-order valence-electron chi connectivity index (χ4n) is 3.22. The predicted octanol–water partition coefficient (Wildman–Crippen LogP) is 2.49. The third-order valence-electron chi connectivity index (χ3n) is 4.71. The number of hydrogen-bond donors (Lipinski definition) is 2. The van der Waals surface area contributed by atoms with Crippen molar-refractivity contribution in [1.82, 2.24) is 10.2 Å². The van der Waals surface area contributed by atoms with Crippen molar-refractivity contribution in [3.63, 3.8) is 0 Å². The zero-order valence-corrected chi connectivity index (χ0v) is 15.2. The molecule has 2 amide bonds. The second-order valence-electron chi connectivity index (χ2n) is 6.91. The molecule has 0 aromatic heterocycles. The summed E-state index contributed by atoms with van der Waals surface area (Å²) >= 11 is 0. The van der Waals surface area contributed by atoms with Gasteiger partial charge in [-0.05, 0) is 30.4 Å². The van der Waals surface area contributed by atoms with Gasteiger partial charge in [0, 0.05) is 24.7 Å². The van der Waals surface area contributed by atoms with Gasteiger partial charge in [0.15, 0.2) is 0 Å². The van der Waals surface area contributed by atoms with Crippen molar-refractivity contribution in [2.45, 2.75) is 39.3 Å². The molecule has 138 valence electrons. The van der Waals surface area contributed by atoms with Crippen LogP contribution in [0.3, 0.4) is 0 Å². The number of amides is 2. The quantitative estimate of drug-likeness (QED) is 0.852. The first-order chi connectivity index (χ1) is 11.8. The van der Waals surface area contributed by atoms with Crippen molar-refractivity contribution >= 4 is 12.0 Å². The van der Waals surface area contributed by atoms with Gasteiger partial charge in [-0.2, -0.15) is 0 Å². The van der Waals surface area contributed by atoms with Gasteiger partial charge in [0.2, 0.25) is 5.91 Å². The van der Waals surface area contributed by atoms with Crippen molar-refractivity contribution in [1.29, 1.82) is 0 Å². The molecule has 1 aromatic rings. The third-order valence-corrected chi connectivity index (χ3v) is 4.71. The lowest BCUT2D eigenvalue weighted by Crippen LogP contribution is -2.53. The van der Waals surface area contributed by atoms with Gasteiger partial charge in [0.05, 0.1) is 14.2 Å². The highest BCUT2D eigenvalue weighted by Crippen LogP contribution is 2.33. The second-order valence-corrected chi connectivity index (χ2v) is 6.91. The van der Waals surface area contributed by atoms with Crippen LogP contribution in [0.15, 0.2) is 18.2 Å². The first kappa shape index (κ1) is 18.9. The van der Waals surface area contributed by atoms with Crippen molar-refractivity contribution < 1.29 is 24.2 Å². The van der Waals surface area contributed by atoms with E-state index in [1.165, 1.54) is 0 Å². The van der Waals surface area contributed by atoms with E-state index >= 15 is 0 Å². The monoisotopic (exact) mass is 350 g/mol. The van der Waals surface area contributed by atoms with E-state index in [-0.39, 0.29) is 5.91 Å². The van der Waals surface area contributed by atoms with Gasteiger partial charge in [-0.25, -0.2) is 4.79 Å². The molecule has 1 aromatic carbocycles. The van der Waals surface area contributed by atoms with E-state index in [0.717, 1.165) is 18.4 Å². The molecule has 0 radical (unpaired) electrons. The number of likely N-dealkylation sites (tertiary alicyclic amines) is 1. The largest absolute Gasteiger partial charge is 0.497 e. The van der Waals surface area contributed by atoms with E-state index in [0.29, 0.717) is 24.6 Å². The molecule has 1 fully saturated rings. The summed E-state index contributed by atoms with van der Waals surface area (Å²) in [5.41, 5.74) is 0.416. The van der Waals surface area contributed by atoms with Crippen molar-refractivity contribution in [2.75, 3.05) is 20.8 Å². The van der Waals surface area contributed by atoms with Crippen LogP contribution < -0.4 is 14.8 Å². The number of methoxy groups -OCH3 is 2. The summed E-state index contributed by atoms with van der Waals surface area (Å²) in [5, 5.41) is 11.5. The molecule has 1 atom stereocenters. The summed E-state index contributed by atoms with van der Waals surface area (Å²) in [7, 11) is 3.15. The number of carbonyl (C=O) groups excluding carboxylic acids is 1. The number of rotatable bonds is 5. The second kappa shape index (κ2) is 7.63. The summed E-state index contributed by atoms with van der Waals surface area (Å²) in [5.74, 6) is 1.11. The Bertz CT molecular complexity index is 644. The molecule has 1 aliphatic heterocycles. The topological polar surface area (TPSA) is 88.1 Å². The minimum Gasteiger partial charge on any atom is -0.497 e. The molecule has 1 heterocycles. The molecule has 1 saturated heterocycles. The summed E-state index contributed by atoms with van der Waals surface area (Å²) in [6.45, 7) is 4.78. The number of carboxylic acid groups (broad SMARTS) is 1. The first-order valence-corrected chi connectivity index (χ1v) is 8.27. The van der Waals surface area contributed by atoms with E-state index in [4.69, 9.17) is 14.6 Å². The average molecular weight is 350 g/mol. The molecule has 0 bridgehead atoms. The van der Waals surface area contributed by atoms with Crippen LogP contribution in [-0.4, -0.2) is 48.8 Å². The molecule has 1 aliphatic rings. The fraction of sp³-hybridized carbons (Fsp3) is 0.556. The summed E-state index contributed by atoms with van der Waals surface area (Å²) in [6.07, 6.45) is 0.393. The number of carbonyl (C=O) groups is 2. The Morgan fingerprint density at radius 3 is 2.68 bits per heavy atom. The first-order valence-electron chi connectivity index (χ1n) is 8.27. The lowest BCUT2D eigenvalue weighted by atomic mass is 9.80. The summed E-state index contributed by atoms with van der Waals surface area (Å²) in [6, 6.07) is 4.68. The minimum absolute atomic E-state index is 0.206. The smallest absolute Gasteiger partial charge is 0.405 e. The Kier molecular flexibility index (Phi) is 5.77. The van der Waals surface area contributed by atoms with Crippen LogP contribution in [-0.2, 0) is 11.3 Å². The van der Waals surface area contributed by atoms with Crippen LogP contribution in [0, 0.1) is 5.41 Å². The van der Waals surface area contributed by atoms with Crippen molar-refractivity contribution in [3.8, 4) is 11.5 Å². The highest BCUT2D eigenvalue weighted by molar-refractivity contribution is 5.86. The predicted molar refractivity (Wildman–Crippen MR) is 92.9 cm³/mol. The number of benzene rings is 1. The molecule has 0 aliphatic carbocycles. The van der Waals surface area contributed by atoms with Crippen LogP contribution in [0.1, 0.15) is 32.3 Å². The van der Waals surface area contributed by atoms with Gasteiger partial charge in [-0.15, -0.1) is 0 Å². The van der Waals surface area contributed by atoms with Crippen LogP contribution in [0.25, 0.3) is 0 Å². The molecule has 1 unspecified atom stereocenters. The lowest BCUT2D eigenvalue weighted by molar-refractivity contribution is -0.135. The summed E-state index contributed by atoms with van der Waals surface area (Å²) in [4.78, 5) is 25.8. The minimum atomic E-state index is -1.18. The third kappa shape index (κ3) is 4.35. The summed E-state index contributed by atoms with van der Waals surface area (Å²) < 4.78 is 10.6. The van der Waals surface area contributed by atoms with Crippen LogP contribution in [0.5, 0.6) is 11.5 Å². The molecule has 0 spiro atoms. The number of nitrogens with zero attached hydrogens (tertiary/aromatic N) is 1. The highest BCUT2D eigenvalue weighted by atomic mass is 16.5. The average Bonchev–Trinajstić information content (AvgIpc) is 2.66. The number of ether oxygens (including phenoxy) is 2. The molecule has 25 heavy (non-hydrogen) atoms. The molecule has 2 rings (SSSR count). The Morgan fingerprint density at radius 2 is 2.08 bits per heavy atom. The normalized spacial score (nSPS) is 19.9. The van der Waals surface area contributed by atoms with Gasteiger partial charge in [0.1, 0.15) is 17.5 Å². The Labute approximate surface area is 147 Å². The highest BCUT2D eigenvalue weighted by Gasteiger charge is 2.41. The maximum atomic E-state index is 13.0. The Hall–Kier alpha value is -2.44. The van der Waals surface area contributed by atoms with Gasteiger partial charge >= 0.3 is 6.09 Å². The van der Waals surface area contributed by atoms with Gasteiger partial charge in [0.25, 0.3) is 0 Å².